The van der Waals surface area contributed by atoms with Crippen molar-refractivity contribution in [1.82, 2.24) is 9.97 Å². The van der Waals surface area contributed by atoms with Gasteiger partial charge in [-0.25, -0.2) is 4.98 Å². The number of aromatic nitrogens is 2. The third-order valence-corrected chi connectivity index (χ3v) is 7.77. The van der Waals surface area contributed by atoms with Gasteiger partial charge >= 0.3 is 0 Å². The summed E-state index contributed by atoms with van der Waals surface area (Å²) in [5.41, 5.74) is 8.67. The molecule has 2 saturated carbocycles. The van der Waals surface area contributed by atoms with Gasteiger partial charge in [0.15, 0.2) is 0 Å². The van der Waals surface area contributed by atoms with Gasteiger partial charge in [-0.05, 0) is 92.8 Å². The normalized spacial score (nSPS) is 18.7. The van der Waals surface area contributed by atoms with E-state index in [1.165, 1.54) is 12.6 Å². The second kappa shape index (κ2) is 17.7. The first-order valence-corrected chi connectivity index (χ1v) is 14.9. The summed E-state index contributed by atoms with van der Waals surface area (Å²) in [7, 11) is 2.68. The van der Waals surface area contributed by atoms with Crippen molar-refractivity contribution in [2.45, 2.75) is 90.5 Å². The van der Waals surface area contributed by atoms with Crippen molar-refractivity contribution in [3.05, 3.63) is 54.0 Å². The fourth-order valence-electron chi connectivity index (χ4n) is 5.63. The molecule has 226 valence electrons. The molecule has 1 amide bonds. The zero-order valence-electron chi connectivity index (χ0n) is 25.7. The number of nitrogens with zero attached hydrogens (tertiary/aromatic N) is 3. The number of ether oxygens (including phenoxy) is 1. The van der Waals surface area contributed by atoms with E-state index in [-0.39, 0.29) is 11.8 Å². The van der Waals surface area contributed by atoms with E-state index in [0.717, 1.165) is 81.2 Å². The van der Waals surface area contributed by atoms with E-state index >= 15 is 0 Å². The number of allylic oxidation sites excluding steroid dienone is 1. The Morgan fingerprint density at radius 2 is 1.78 bits per heavy atom. The van der Waals surface area contributed by atoms with E-state index in [1.54, 1.807) is 13.3 Å². The Labute approximate surface area is 246 Å². The van der Waals surface area contributed by atoms with Gasteiger partial charge < -0.3 is 21.0 Å². The van der Waals surface area contributed by atoms with Crippen molar-refractivity contribution in [3.63, 3.8) is 0 Å². The summed E-state index contributed by atoms with van der Waals surface area (Å²) in [6.45, 7) is 10.5. The number of anilines is 1. The predicted molar refractivity (Wildman–Crippen MR) is 169 cm³/mol. The summed E-state index contributed by atoms with van der Waals surface area (Å²) < 4.78 is 5.37. The Bertz CT molecular complexity index is 1100. The first-order chi connectivity index (χ1) is 19.7. The van der Waals surface area contributed by atoms with Crippen LogP contribution in [0.25, 0.3) is 5.57 Å². The maximum atomic E-state index is 13.7. The zero-order chi connectivity index (χ0) is 30.4. The summed E-state index contributed by atoms with van der Waals surface area (Å²) in [5, 5.41) is 14.6. The number of methoxy groups -OCH3 is 1. The van der Waals surface area contributed by atoms with Gasteiger partial charge in [-0.3, -0.25) is 14.7 Å². The molecule has 4 rings (SSSR count). The summed E-state index contributed by atoms with van der Waals surface area (Å²) in [5.74, 6) is 2.72. The smallest absolute Gasteiger partial charge is 0.231 e. The first-order valence-electron chi connectivity index (χ1n) is 14.9. The van der Waals surface area contributed by atoms with Crippen LogP contribution in [0.15, 0.2) is 37.0 Å². The minimum atomic E-state index is 0.0861. The van der Waals surface area contributed by atoms with Crippen LogP contribution in [0.3, 0.4) is 0 Å². The van der Waals surface area contributed by atoms with E-state index in [2.05, 4.69) is 17.6 Å². The van der Waals surface area contributed by atoms with Crippen molar-refractivity contribution >= 4 is 23.5 Å². The number of rotatable bonds is 8. The van der Waals surface area contributed by atoms with Gasteiger partial charge in [-0.2, -0.15) is 0 Å². The van der Waals surface area contributed by atoms with Crippen molar-refractivity contribution in [2.24, 2.45) is 17.6 Å². The molecule has 4 N–H and O–H groups in total. The lowest BCUT2D eigenvalue weighted by Gasteiger charge is -2.34. The predicted octanol–water partition coefficient (Wildman–Crippen LogP) is 6.31. The number of nitrogens with two attached hydrogens (primary N) is 1. The molecule has 0 radical (unpaired) electrons. The highest BCUT2D eigenvalue weighted by molar-refractivity contribution is 6.07. The number of pyridine rings is 2. The van der Waals surface area contributed by atoms with Crippen LogP contribution in [0.4, 0.5) is 5.82 Å². The Morgan fingerprint density at radius 3 is 2.34 bits per heavy atom. The summed E-state index contributed by atoms with van der Waals surface area (Å²) in [4.78, 5) is 25.0. The highest BCUT2D eigenvalue weighted by Crippen LogP contribution is 2.37. The van der Waals surface area contributed by atoms with Gasteiger partial charge in [0.05, 0.1) is 12.8 Å². The van der Waals surface area contributed by atoms with E-state index < -0.39 is 0 Å². The molecule has 0 atom stereocenters. The van der Waals surface area contributed by atoms with Crippen LogP contribution < -0.4 is 15.4 Å². The molecule has 2 aromatic rings. The van der Waals surface area contributed by atoms with E-state index in [0.29, 0.717) is 35.8 Å². The molecule has 0 spiro atoms. The van der Waals surface area contributed by atoms with Gasteiger partial charge in [0.2, 0.25) is 5.91 Å². The van der Waals surface area contributed by atoms with Crippen LogP contribution >= 0.6 is 0 Å². The van der Waals surface area contributed by atoms with Gasteiger partial charge in [0, 0.05) is 43.6 Å². The van der Waals surface area contributed by atoms with Crippen LogP contribution in [-0.4, -0.2) is 54.0 Å². The SMILES string of the molecule is C=C(C=N)c1ccnc(N(CC2CCC(c3ccc(OC)c(C)n3)CC2)C(=O)C2CCCCC2)c1.CC(C)N.CO. The summed E-state index contributed by atoms with van der Waals surface area (Å²) in [6.07, 6.45) is 12.7. The minimum Gasteiger partial charge on any atom is -0.495 e. The monoisotopic (exact) mass is 565 g/mol. The number of aliphatic hydroxyl groups excluding tert-OH is 1. The average Bonchev–Trinajstić information content (AvgIpc) is 3.00. The molecule has 41 heavy (non-hydrogen) atoms. The maximum absolute atomic E-state index is 13.7. The second-order valence-electron chi connectivity index (χ2n) is 11.3. The molecule has 2 fully saturated rings. The molecule has 0 aliphatic heterocycles. The number of carbonyl (C=O) groups is 1. The minimum absolute atomic E-state index is 0.0861. The number of aliphatic hydroxyl groups is 1. The largest absolute Gasteiger partial charge is 0.495 e. The van der Waals surface area contributed by atoms with E-state index in [4.69, 9.17) is 26.0 Å². The summed E-state index contributed by atoms with van der Waals surface area (Å²) >= 11 is 0. The molecule has 2 aromatic heterocycles. The quantitative estimate of drug-likeness (QED) is 0.322. The van der Waals surface area contributed by atoms with Crippen LogP contribution in [0.1, 0.15) is 94.5 Å². The van der Waals surface area contributed by atoms with E-state index in [9.17, 15) is 4.79 Å². The van der Waals surface area contributed by atoms with Crippen LogP contribution in [0, 0.1) is 24.2 Å². The average molecular weight is 566 g/mol. The summed E-state index contributed by atoms with van der Waals surface area (Å²) in [6, 6.07) is 8.23. The Morgan fingerprint density at radius 1 is 1.15 bits per heavy atom. The number of hydrogen-bond acceptors (Lipinski definition) is 7. The molecule has 0 aromatic carbocycles. The fraction of sp³-hybridized carbons (Fsp3) is 0.576. The molecule has 0 unspecified atom stereocenters. The van der Waals surface area contributed by atoms with Crippen molar-refractivity contribution < 1.29 is 14.6 Å². The lowest BCUT2D eigenvalue weighted by Crippen LogP contribution is -2.41. The molecule has 0 saturated heterocycles. The highest BCUT2D eigenvalue weighted by Gasteiger charge is 2.31. The van der Waals surface area contributed by atoms with Crippen LogP contribution in [0.5, 0.6) is 5.75 Å². The number of aryl methyl sites for hydroxylation is 1. The number of carbonyl (C=O) groups excluding carboxylic acids is 1. The Kier molecular flexibility index (Phi) is 14.7. The molecule has 8 nitrogen and oxygen atoms in total. The number of hydrogen-bond donors (Lipinski definition) is 3. The first kappa shape index (κ1) is 34.1. The molecule has 2 heterocycles. The van der Waals surface area contributed by atoms with Crippen molar-refractivity contribution in [2.75, 3.05) is 25.7 Å². The topological polar surface area (TPSA) is 125 Å². The van der Waals surface area contributed by atoms with Crippen molar-refractivity contribution in [3.8, 4) is 5.75 Å². The molecule has 0 bridgehead atoms. The molecule has 2 aliphatic carbocycles. The highest BCUT2D eigenvalue weighted by atomic mass is 16.5. The second-order valence-corrected chi connectivity index (χ2v) is 11.3. The van der Waals surface area contributed by atoms with Crippen molar-refractivity contribution in [1.29, 1.82) is 5.41 Å². The molecular formula is C33H51N5O3. The van der Waals surface area contributed by atoms with Gasteiger partial charge in [-0.1, -0.05) is 39.7 Å². The van der Waals surface area contributed by atoms with E-state index in [1.807, 2.05) is 43.9 Å². The van der Waals surface area contributed by atoms with Gasteiger partial charge in [0.25, 0.3) is 0 Å². The molecular weight excluding hydrogens is 514 g/mol. The Balaban J connectivity index is 0.000000902. The van der Waals surface area contributed by atoms with Crippen LogP contribution in [-0.2, 0) is 4.79 Å². The van der Waals surface area contributed by atoms with Crippen LogP contribution in [0.2, 0.25) is 0 Å². The molecule has 2 aliphatic rings. The third kappa shape index (κ3) is 10.3. The standard InChI is InChI=1S/C29H38N4O2.C3H9N.CH4O/c1-20(18-30)25-15-16-31-28(17-25)33(29(34)24-7-5-4-6-8-24)19-22-9-11-23(12-10-22)26-13-14-27(35-3)21(2)32-26;1-3(2)4;1-2/h13-18,22-24,30H,1,4-12,19H2,2-3H3;3H,4H2,1-2H3;2H,1H3. The number of amides is 1. The lowest BCUT2D eigenvalue weighted by molar-refractivity contribution is -0.123. The molecule has 8 heteroatoms. The maximum Gasteiger partial charge on any atom is 0.231 e. The fourth-order valence-corrected chi connectivity index (χ4v) is 5.63. The lowest BCUT2D eigenvalue weighted by atomic mass is 9.79. The Hall–Kier alpha value is -3.10. The third-order valence-electron chi connectivity index (χ3n) is 7.77. The van der Waals surface area contributed by atoms with Gasteiger partial charge in [0.1, 0.15) is 11.6 Å². The zero-order valence-corrected chi connectivity index (χ0v) is 25.7. The number of nitrogens with one attached hydrogen (secondary N) is 1. The van der Waals surface area contributed by atoms with Gasteiger partial charge in [-0.15, -0.1) is 0 Å².